The maximum atomic E-state index is 13.5. The molecule has 1 aromatic carbocycles. The SMILES string of the molecule is CC1CCN([C@H](c2ccc(F)cc2)c2nnnn2C2CCCCC2)CC1. The molecule has 4 rings (SSSR count). The molecule has 0 spiro atoms. The van der Waals surface area contributed by atoms with Crippen LogP contribution < -0.4 is 0 Å². The van der Waals surface area contributed by atoms with Crippen LogP contribution in [-0.2, 0) is 0 Å². The highest BCUT2D eigenvalue weighted by Gasteiger charge is 2.32. The Morgan fingerprint density at radius 2 is 1.69 bits per heavy atom. The highest BCUT2D eigenvalue weighted by atomic mass is 19.1. The Balaban J connectivity index is 1.69. The van der Waals surface area contributed by atoms with Gasteiger partial charge in [0.1, 0.15) is 5.82 Å². The van der Waals surface area contributed by atoms with Crippen molar-refractivity contribution in [1.82, 2.24) is 25.1 Å². The van der Waals surface area contributed by atoms with Crippen LogP contribution in [0.5, 0.6) is 0 Å². The fraction of sp³-hybridized carbons (Fsp3) is 0.650. The highest BCUT2D eigenvalue weighted by molar-refractivity contribution is 5.25. The van der Waals surface area contributed by atoms with E-state index in [9.17, 15) is 4.39 Å². The molecule has 1 saturated carbocycles. The second kappa shape index (κ2) is 7.82. The Bertz CT molecular complexity index is 699. The average Bonchev–Trinajstić information content (AvgIpc) is 3.15. The van der Waals surface area contributed by atoms with Crippen LogP contribution in [0.2, 0.25) is 0 Å². The van der Waals surface area contributed by atoms with E-state index >= 15 is 0 Å². The van der Waals surface area contributed by atoms with E-state index in [0.29, 0.717) is 6.04 Å². The predicted octanol–water partition coefficient (Wildman–Crippen LogP) is 4.14. The molecule has 26 heavy (non-hydrogen) atoms. The van der Waals surface area contributed by atoms with E-state index in [1.165, 1.54) is 32.1 Å². The van der Waals surface area contributed by atoms with Gasteiger partial charge in [-0.2, -0.15) is 0 Å². The van der Waals surface area contributed by atoms with E-state index in [-0.39, 0.29) is 11.9 Å². The van der Waals surface area contributed by atoms with E-state index in [2.05, 4.69) is 32.0 Å². The minimum atomic E-state index is -0.202. The van der Waals surface area contributed by atoms with Crippen LogP contribution >= 0.6 is 0 Å². The van der Waals surface area contributed by atoms with Gasteiger partial charge in [0.15, 0.2) is 5.82 Å². The third-order valence-electron chi connectivity index (χ3n) is 6.05. The lowest BCUT2D eigenvalue weighted by atomic mass is 9.93. The van der Waals surface area contributed by atoms with Crippen LogP contribution in [0, 0.1) is 11.7 Å². The number of hydrogen-bond acceptors (Lipinski definition) is 4. The minimum absolute atomic E-state index is 0.0000246. The molecular formula is C20H28FN5. The second-order valence-electron chi connectivity index (χ2n) is 7.95. The van der Waals surface area contributed by atoms with Gasteiger partial charge in [0.2, 0.25) is 0 Å². The molecule has 1 saturated heterocycles. The number of tetrazole rings is 1. The second-order valence-corrected chi connectivity index (χ2v) is 7.95. The van der Waals surface area contributed by atoms with Gasteiger partial charge in [0.05, 0.1) is 12.1 Å². The number of hydrogen-bond donors (Lipinski definition) is 0. The molecule has 2 aromatic rings. The van der Waals surface area contributed by atoms with Gasteiger partial charge >= 0.3 is 0 Å². The molecule has 6 heteroatoms. The Labute approximate surface area is 154 Å². The molecule has 0 unspecified atom stereocenters. The number of halogens is 1. The summed E-state index contributed by atoms with van der Waals surface area (Å²) >= 11 is 0. The van der Waals surface area contributed by atoms with E-state index in [1.54, 1.807) is 12.1 Å². The lowest BCUT2D eigenvalue weighted by Gasteiger charge is -2.37. The molecule has 1 atom stereocenters. The van der Waals surface area contributed by atoms with E-state index in [4.69, 9.17) is 0 Å². The van der Waals surface area contributed by atoms with E-state index in [0.717, 1.165) is 43.2 Å². The minimum Gasteiger partial charge on any atom is -0.290 e. The third kappa shape index (κ3) is 3.65. The normalized spacial score (nSPS) is 21.8. The molecule has 1 aromatic heterocycles. The Kier molecular flexibility index (Phi) is 5.29. The van der Waals surface area contributed by atoms with Crippen LogP contribution in [0.25, 0.3) is 0 Å². The third-order valence-corrected chi connectivity index (χ3v) is 6.05. The first kappa shape index (κ1) is 17.6. The molecular weight excluding hydrogens is 329 g/mol. The molecule has 140 valence electrons. The van der Waals surface area contributed by atoms with Crippen molar-refractivity contribution in [3.8, 4) is 0 Å². The smallest absolute Gasteiger partial charge is 0.173 e. The zero-order chi connectivity index (χ0) is 17.9. The fourth-order valence-corrected chi connectivity index (χ4v) is 4.42. The van der Waals surface area contributed by atoms with Gasteiger partial charge < -0.3 is 0 Å². The van der Waals surface area contributed by atoms with Crippen molar-refractivity contribution < 1.29 is 4.39 Å². The van der Waals surface area contributed by atoms with Gasteiger partial charge in [0.25, 0.3) is 0 Å². The Morgan fingerprint density at radius 1 is 1.00 bits per heavy atom. The fourth-order valence-electron chi connectivity index (χ4n) is 4.42. The summed E-state index contributed by atoms with van der Waals surface area (Å²) < 4.78 is 15.6. The lowest BCUT2D eigenvalue weighted by Crippen LogP contribution is -2.38. The summed E-state index contributed by atoms with van der Waals surface area (Å²) in [5, 5.41) is 12.9. The first-order valence-corrected chi connectivity index (χ1v) is 9.99. The van der Waals surface area contributed by atoms with Crippen molar-refractivity contribution in [2.75, 3.05) is 13.1 Å². The summed E-state index contributed by atoms with van der Waals surface area (Å²) in [6, 6.07) is 7.25. The standard InChI is InChI=1S/C20H28FN5/c1-15-11-13-25(14-12-15)19(16-7-9-17(21)10-8-16)20-22-23-24-26(20)18-5-3-2-4-6-18/h7-10,15,18-19H,2-6,11-14H2,1H3/t19-/m1/s1. The number of piperidine rings is 1. The van der Waals surface area contributed by atoms with Crippen molar-refractivity contribution in [2.45, 2.75) is 64.0 Å². The summed E-state index contributed by atoms with van der Waals surface area (Å²) in [5.74, 6) is 1.47. The zero-order valence-corrected chi connectivity index (χ0v) is 15.5. The van der Waals surface area contributed by atoms with Gasteiger partial charge in [-0.1, -0.05) is 38.3 Å². The Hall–Kier alpha value is -1.82. The maximum Gasteiger partial charge on any atom is 0.173 e. The number of benzene rings is 1. The largest absolute Gasteiger partial charge is 0.290 e. The average molecular weight is 357 g/mol. The molecule has 1 aliphatic heterocycles. The molecule has 0 amide bonds. The van der Waals surface area contributed by atoms with Crippen LogP contribution in [-0.4, -0.2) is 38.2 Å². The predicted molar refractivity (Wildman–Crippen MR) is 98.2 cm³/mol. The molecule has 0 bridgehead atoms. The van der Waals surface area contributed by atoms with Crippen molar-refractivity contribution in [1.29, 1.82) is 0 Å². The van der Waals surface area contributed by atoms with E-state index < -0.39 is 0 Å². The van der Waals surface area contributed by atoms with Crippen LogP contribution in [0.4, 0.5) is 4.39 Å². The molecule has 5 nitrogen and oxygen atoms in total. The molecule has 0 radical (unpaired) electrons. The number of likely N-dealkylation sites (tertiary alicyclic amines) is 1. The molecule has 2 fully saturated rings. The van der Waals surface area contributed by atoms with Crippen molar-refractivity contribution >= 4 is 0 Å². The highest BCUT2D eigenvalue weighted by Crippen LogP contribution is 2.35. The van der Waals surface area contributed by atoms with Gasteiger partial charge in [-0.15, -0.1) is 5.10 Å². The summed E-state index contributed by atoms with van der Waals surface area (Å²) in [7, 11) is 0. The van der Waals surface area contributed by atoms with Crippen LogP contribution in [0.3, 0.4) is 0 Å². The summed E-state index contributed by atoms with van der Waals surface area (Å²) in [6.07, 6.45) is 8.44. The lowest BCUT2D eigenvalue weighted by molar-refractivity contribution is 0.146. The van der Waals surface area contributed by atoms with Crippen LogP contribution in [0.15, 0.2) is 24.3 Å². The first-order chi connectivity index (χ1) is 12.7. The number of aromatic nitrogens is 4. The van der Waals surface area contributed by atoms with Crippen molar-refractivity contribution in [3.63, 3.8) is 0 Å². The van der Waals surface area contributed by atoms with E-state index in [1.807, 2.05) is 12.1 Å². The zero-order valence-electron chi connectivity index (χ0n) is 15.5. The topological polar surface area (TPSA) is 46.8 Å². The van der Waals surface area contributed by atoms with Crippen LogP contribution in [0.1, 0.15) is 75.3 Å². The molecule has 2 aliphatic rings. The summed E-state index contributed by atoms with van der Waals surface area (Å²) in [6.45, 7) is 4.37. The molecule has 0 N–H and O–H groups in total. The van der Waals surface area contributed by atoms with Gasteiger partial charge in [-0.05, 0) is 72.8 Å². The maximum absolute atomic E-state index is 13.5. The first-order valence-electron chi connectivity index (χ1n) is 9.99. The van der Waals surface area contributed by atoms with Crippen molar-refractivity contribution in [3.05, 3.63) is 41.5 Å². The Morgan fingerprint density at radius 3 is 2.38 bits per heavy atom. The number of rotatable bonds is 4. The number of nitrogens with zero attached hydrogens (tertiary/aromatic N) is 5. The quantitative estimate of drug-likeness (QED) is 0.825. The summed E-state index contributed by atoms with van der Waals surface area (Å²) in [4.78, 5) is 2.47. The molecule has 2 heterocycles. The summed E-state index contributed by atoms with van der Waals surface area (Å²) in [5.41, 5.74) is 1.08. The van der Waals surface area contributed by atoms with Crippen molar-refractivity contribution in [2.24, 2.45) is 5.92 Å². The molecule has 1 aliphatic carbocycles. The monoisotopic (exact) mass is 357 g/mol. The van der Waals surface area contributed by atoms with Gasteiger partial charge in [-0.3, -0.25) is 4.90 Å². The van der Waals surface area contributed by atoms with Gasteiger partial charge in [-0.25, -0.2) is 9.07 Å². The van der Waals surface area contributed by atoms with Gasteiger partial charge in [0, 0.05) is 0 Å².